The summed E-state index contributed by atoms with van der Waals surface area (Å²) in [7, 11) is 0. The van der Waals surface area contributed by atoms with Crippen molar-refractivity contribution in [2.45, 2.75) is 12.3 Å². The molecule has 44 heavy (non-hydrogen) atoms. The van der Waals surface area contributed by atoms with Crippen LogP contribution in [0.1, 0.15) is 29.0 Å². The Kier molecular flexibility index (Phi) is 5.80. The largest absolute Gasteiger partial charge is 0.456 e. The van der Waals surface area contributed by atoms with Gasteiger partial charge in [-0.3, -0.25) is 0 Å². The van der Waals surface area contributed by atoms with E-state index >= 15 is 0 Å². The topological polar surface area (TPSA) is 16.4 Å². The van der Waals surface area contributed by atoms with Crippen LogP contribution < -0.4 is 4.90 Å². The number of hydrogen-bond donors (Lipinski definition) is 0. The van der Waals surface area contributed by atoms with Crippen molar-refractivity contribution in [1.82, 2.24) is 0 Å². The van der Waals surface area contributed by atoms with Crippen LogP contribution in [0, 0.1) is 11.8 Å². The van der Waals surface area contributed by atoms with Crippen LogP contribution in [0.3, 0.4) is 0 Å². The van der Waals surface area contributed by atoms with Crippen molar-refractivity contribution in [3.05, 3.63) is 174 Å². The molecule has 0 saturated heterocycles. The van der Waals surface area contributed by atoms with Gasteiger partial charge in [-0.2, -0.15) is 0 Å². The summed E-state index contributed by atoms with van der Waals surface area (Å²) in [6, 6.07) is 43.4. The Morgan fingerprint density at radius 2 is 1.27 bits per heavy atom. The fourth-order valence-corrected chi connectivity index (χ4v) is 7.65. The number of fused-ring (bicyclic) bond motifs is 9. The van der Waals surface area contributed by atoms with Gasteiger partial charge >= 0.3 is 0 Å². The van der Waals surface area contributed by atoms with Gasteiger partial charge < -0.3 is 9.32 Å². The van der Waals surface area contributed by atoms with Crippen LogP contribution in [0.25, 0.3) is 33.1 Å². The molecule has 0 saturated carbocycles. The highest BCUT2D eigenvalue weighted by Gasteiger charge is 2.39. The molecule has 0 spiro atoms. The molecule has 3 aliphatic carbocycles. The summed E-state index contributed by atoms with van der Waals surface area (Å²) >= 11 is 0. The van der Waals surface area contributed by atoms with E-state index in [0.29, 0.717) is 17.8 Å². The molecule has 3 aliphatic rings. The number of hydrogen-bond acceptors (Lipinski definition) is 2. The van der Waals surface area contributed by atoms with E-state index in [1.165, 1.54) is 27.8 Å². The Hall–Kier alpha value is -5.34. The Bertz CT molecular complexity index is 2120. The van der Waals surface area contributed by atoms with Crippen LogP contribution in [0.2, 0.25) is 0 Å². The first-order valence-corrected chi connectivity index (χ1v) is 15.5. The Morgan fingerprint density at radius 3 is 2.07 bits per heavy atom. The summed E-state index contributed by atoms with van der Waals surface area (Å²) < 4.78 is 6.37. The second-order valence-electron chi connectivity index (χ2n) is 12.1. The average molecular weight is 566 g/mol. The first kappa shape index (κ1) is 25.2. The first-order chi connectivity index (χ1) is 21.8. The predicted molar refractivity (Wildman–Crippen MR) is 183 cm³/mol. The molecule has 2 heteroatoms. The van der Waals surface area contributed by atoms with Gasteiger partial charge in [0, 0.05) is 33.8 Å². The molecular formula is C42H31NO. The maximum Gasteiger partial charge on any atom is 0.135 e. The highest BCUT2D eigenvalue weighted by atomic mass is 16.3. The lowest BCUT2D eigenvalue weighted by Gasteiger charge is -2.41. The van der Waals surface area contributed by atoms with E-state index in [2.05, 4.69) is 163 Å². The zero-order valence-electron chi connectivity index (χ0n) is 24.3. The number of nitrogens with zero attached hydrogens (tertiary/aromatic N) is 1. The maximum absolute atomic E-state index is 6.37. The predicted octanol–water partition coefficient (Wildman–Crippen LogP) is 11.4. The summed E-state index contributed by atoms with van der Waals surface area (Å²) in [5, 5.41) is 2.29. The van der Waals surface area contributed by atoms with Crippen molar-refractivity contribution in [2.75, 3.05) is 4.90 Å². The molecule has 0 bridgehead atoms. The molecule has 0 N–H and O–H groups in total. The summed E-state index contributed by atoms with van der Waals surface area (Å²) in [6.45, 7) is 0. The highest BCUT2D eigenvalue weighted by molar-refractivity contribution is 6.07. The Labute approximate surface area is 257 Å². The van der Waals surface area contributed by atoms with Gasteiger partial charge in [0.05, 0.1) is 0 Å². The van der Waals surface area contributed by atoms with Gasteiger partial charge in [-0.25, -0.2) is 0 Å². The van der Waals surface area contributed by atoms with Crippen molar-refractivity contribution in [3.8, 4) is 0 Å². The van der Waals surface area contributed by atoms with Crippen molar-refractivity contribution in [2.24, 2.45) is 11.8 Å². The molecule has 9 rings (SSSR count). The molecule has 0 amide bonds. The lowest BCUT2D eigenvalue weighted by atomic mass is 9.62. The molecule has 0 radical (unpaired) electrons. The van der Waals surface area contributed by atoms with E-state index in [1.54, 1.807) is 0 Å². The van der Waals surface area contributed by atoms with Gasteiger partial charge in [-0.1, -0.05) is 103 Å². The van der Waals surface area contributed by atoms with Crippen LogP contribution in [0.5, 0.6) is 0 Å². The second kappa shape index (κ2) is 10.1. The SMILES string of the molecule is C1=CC2c3ccccc3C3=CC=C(c4ccc5oc6ccc(N(c7ccccc7)c7ccccc7)cc6c5c4)CC3C2C=C1. The van der Waals surface area contributed by atoms with Crippen LogP contribution in [-0.4, -0.2) is 0 Å². The molecule has 0 aliphatic heterocycles. The first-order valence-electron chi connectivity index (χ1n) is 15.5. The molecule has 210 valence electrons. The third-order valence-electron chi connectivity index (χ3n) is 9.69. The van der Waals surface area contributed by atoms with Crippen LogP contribution in [0.4, 0.5) is 17.1 Å². The summed E-state index contributed by atoms with van der Waals surface area (Å²) in [6.07, 6.45) is 15.1. The van der Waals surface area contributed by atoms with Crippen molar-refractivity contribution in [3.63, 3.8) is 0 Å². The number of furan rings is 1. The van der Waals surface area contributed by atoms with E-state index in [4.69, 9.17) is 4.42 Å². The summed E-state index contributed by atoms with van der Waals surface area (Å²) in [5.41, 5.74) is 12.2. The minimum Gasteiger partial charge on any atom is -0.456 e. The normalized spacial score (nSPS) is 20.0. The van der Waals surface area contributed by atoms with Gasteiger partial charge in [-0.05, 0) is 101 Å². The van der Waals surface area contributed by atoms with Gasteiger partial charge in [0.25, 0.3) is 0 Å². The lowest BCUT2D eigenvalue weighted by molar-refractivity contribution is 0.435. The van der Waals surface area contributed by atoms with E-state index < -0.39 is 0 Å². The van der Waals surface area contributed by atoms with Crippen LogP contribution in [0.15, 0.2) is 162 Å². The number of allylic oxidation sites excluding steroid dienone is 8. The van der Waals surface area contributed by atoms with Gasteiger partial charge in [0.1, 0.15) is 11.2 Å². The van der Waals surface area contributed by atoms with Gasteiger partial charge in [-0.15, -0.1) is 0 Å². The molecule has 5 aromatic carbocycles. The fourth-order valence-electron chi connectivity index (χ4n) is 7.65. The molecule has 3 atom stereocenters. The van der Waals surface area contributed by atoms with E-state index in [9.17, 15) is 0 Å². The standard InChI is InChI=1S/C42H31NO/c1-3-11-30(12-4-1)43(31-13-5-2-6-14-31)32-21-24-42-40(27-32)39-26-29(20-23-41(39)44-42)28-19-22-37-35-17-8-7-15-33(35)34-16-9-10-18-36(34)38(37)25-28/h1-24,26-27,34,36,38H,25H2. The maximum atomic E-state index is 6.37. The van der Waals surface area contributed by atoms with Crippen LogP contribution >= 0.6 is 0 Å². The number of anilines is 3. The number of benzene rings is 5. The van der Waals surface area contributed by atoms with Crippen LogP contribution in [-0.2, 0) is 0 Å². The third-order valence-corrected chi connectivity index (χ3v) is 9.69. The highest BCUT2D eigenvalue weighted by Crippen LogP contribution is 2.53. The van der Waals surface area contributed by atoms with E-state index in [1.807, 2.05) is 0 Å². The quantitative estimate of drug-likeness (QED) is 0.211. The third kappa shape index (κ3) is 4.02. The molecule has 6 aromatic rings. The lowest BCUT2D eigenvalue weighted by Crippen LogP contribution is -2.29. The Morgan fingerprint density at radius 1 is 0.591 bits per heavy atom. The molecular weight excluding hydrogens is 534 g/mol. The smallest absolute Gasteiger partial charge is 0.135 e. The summed E-state index contributed by atoms with van der Waals surface area (Å²) in [5.74, 6) is 1.38. The zero-order chi connectivity index (χ0) is 29.0. The number of rotatable bonds is 4. The van der Waals surface area contributed by atoms with Gasteiger partial charge in [0.2, 0.25) is 0 Å². The fraction of sp³-hybridized carbons (Fsp3) is 0.0952. The second-order valence-corrected chi connectivity index (χ2v) is 12.1. The summed E-state index contributed by atoms with van der Waals surface area (Å²) in [4.78, 5) is 2.31. The monoisotopic (exact) mass is 565 g/mol. The molecule has 1 heterocycles. The molecule has 1 aromatic heterocycles. The molecule has 0 fully saturated rings. The number of para-hydroxylation sites is 2. The average Bonchev–Trinajstić information content (AvgIpc) is 3.47. The van der Waals surface area contributed by atoms with E-state index in [-0.39, 0.29) is 0 Å². The minimum atomic E-state index is 0.439. The minimum absolute atomic E-state index is 0.439. The zero-order valence-corrected chi connectivity index (χ0v) is 24.3. The molecule has 3 unspecified atom stereocenters. The van der Waals surface area contributed by atoms with Crippen molar-refractivity contribution < 1.29 is 4.42 Å². The van der Waals surface area contributed by atoms with Gasteiger partial charge in [0.15, 0.2) is 0 Å². The molecule has 2 nitrogen and oxygen atoms in total. The van der Waals surface area contributed by atoms with E-state index in [0.717, 1.165) is 45.4 Å². The Balaban J connectivity index is 1.14. The van der Waals surface area contributed by atoms with Crippen molar-refractivity contribution in [1.29, 1.82) is 0 Å². The van der Waals surface area contributed by atoms with Crippen molar-refractivity contribution >= 4 is 50.1 Å².